The summed E-state index contributed by atoms with van der Waals surface area (Å²) >= 11 is 0. The number of nitrogens with two attached hydrogens (primary N) is 1. The van der Waals surface area contributed by atoms with Crippen molar-refractivity contribution < 1.29 is 0 Å². The fraction of sp³-hybridized carbons (Fsp3) is 0.600. The molecule has 2 heteroatoms. The predicted molar refractivity (Wildman–Crippen MR) is 70.6 cm³/mol. The fourth-order valence-electron chi connectivity index (χ4n) is 3.40. The Morgan fingerprint density at radius 2 is 1.94 bits per heavy atom. The van der Waals surface area contributed by atoms with Crippen LogP contribution < -0.4 is 5.73 Å². The molecule has 1 aromatic rings. The second-order valence-corrected chi connectivity index (χ2v) is 5.70. The lowest BCUT2D eigenvalue weighted by molar-refractivity contribution is 0.0935. The smallest absolute Gasteiger partial charge is 0.0312 e. The molecule has 0 amide bonds. The maximum Gasteiger partial charge on any atom is 0.0312 e. The molecule has 92 valence electrons. The van der Waals surface area contributed by atoms with E-state index in [1.165, 1.54) is 44.2 Å². The highest BCUT2D eigenvalue weighted by atomic mass is 15.2. The van der Waals surface area contributed by atoms with Crippen LogP contribution in [-0.4, -0.2) is 23.0 Å². The average molecular weight is 230 g/mol. The van der Waals surface area contributed by atoms with Gasteiger partial charge in [0.1, 0.15) is 0 Å². The summed E-state index contributed by atoms with van der Waals surface area (Å²) in [6.45, 7) is 2.29. The number of hydrogen-bond donors (Lipinski definition) is 1. The molecule has 1 saturated carbocycles. The van der Waals surface area contributed by atoms with E-state index >= 15 is 0 Å². The van der Waals surface area contributed by atoms with Gasteiger partial charge in [0.2, 0.25) is 0 Å². The summed E-state index contributed by atoms with van der Waals surface area (Å²) < 4.78 is 0. The van der Waals surface area contributed by atoms with Gasteiger partial charge in [0.25, 0.3) is 0 Å². The number of hydrogen-bond acceptors (Lipinski definition) is 2. The molecule has 0 radical (unpaired) electrons. The standard InChI is InChI=1S/C15H22N2/c16-15(9-5-10-15)14-8-4-11-17(14)12-13-6-2-1-3-7-13/h1-3,6-7,14H,4-5,8-12,16H2. The van der Waals surface area contributed by atoms with Gasteiger partial charge >= 0.3 is 0 Å². The molecule has 1 aliphatic heterocycles. The van der Waals surface area contributed by atoms with Crippen molar-refractivity contribution in [1.82, 2.24) is 4.90 Å². The predicted octanol–water partition coefficient (Wildman–Crippen LogP) is 2.53. The summed E-state index contributed by atoms with van der Waals surface area (Å²) in [6, 6.07) is 11.4. The Bertz CT molecular complexity index is 370. The van der Waals surface area contributed by atoms with Gasteiger partial charge in [-0.2, -0.15) is 0 Å². The zero-order valence-corrected chi connectivity index (χ0v) is 10.4. The molecule has 1 unspecified atom stereocenters. The van der Waals surface area contributed by atoms with E-state index in [2.05, 4.69) is 35.2 Å². The van der Waals surface area contributed by atoms with Crippen molar-refractivity contribution in [2.45, 2.75) is 50.2 Å². The van der Waals surface area contributed by atoms with E-state index in [0.717, 1.165) is 6.54 Å². The third-order valence-electron chi connectivity index (χ3n) is 4.54. The number of rotatable bonds is 3. The monoisotopic (exact) mass is 230 g/mol. The first-order valence-electron chi connectivity index (χ1n) is 6.85. The second-order valence-electron chi connectivity index (χ2n) is 5.70. The highest BCUT2D eigenvalue weighted by Crippen LogP contribution is 2.39. The molecule has 0 spiro atoms. The van der Waals surface area contributed by atoms with Gasteiger partial charge in [-0.3, -0.25) is 4.90 Å². The van der Waals surface area contributed by atoms with Crippen LogP contribution in [0.5, 0.6) is 0 Å². The molecule has 1 saturated heterocycles. The number of likely N-dealkylation sites (tertiary alicyclic amines) is 1. The molecule has 0 aromatic heterocycles. The molecule has 2 nitrogen and oxygen atoms in total. The Labute approximate surface area is 104 Å². The lowest BCUT2D eigenvalue weighted by Crippen LogP contribution is -2.60. The van der Waals surface area contributed by atoms with Crippen LogP contribution in [-0.2, 0) is 6.54 Å². The minimum Gasteiger partial charge on any atom is -0.324 e. The maximum atomic E-state index is 6.51. The third kappa shape index (κ3) is 2.12. The lowest BCUT2D eigenvalue weighted by Gasteiger charge is -2.46. The molecule has 3 rings (SSSR count). The molecule has 1 aromatic carbocycles. The van der Waals surface area contributed by atoms with Gasteiger partial charge < -0.3 is 5.73 Å². The zero-order valence-electron chi connectivity index (χ0n) is 10.4. The normalized spacial score (nSPS) is 27.9. The van der Waals surface area contributed by atoms with Gasteiger partial charge in [0.05, 0.1) is 0 Å². The lowest BCUT2D eigenvalue weighted by atomic mass is 9.71. The van der Waals surface area contributed by atoms with Crippen molar-refractivity contribution in [3.05, 3.63) is 35.9 Å². The number of benzene rings is 1. The van der Waals surface area contributed by atoms with Gasteiger partial charge in [0.15, 0.2) is 0 Å². The number of nitrogens with zero attached hydrogens (tertiary/aromatic N) is 1. The molecular weight excluding hydrogens is 208 g/mol. The van der Waals surface area contributed by atoms with Crippen LogP contribution in [0.4, 0.5) is 0 Å². The first-order valence-corrected chi connectivity index (χ1v) is 6.85. The molecule has 1 aliphatic carbocycles. The summed E-state index contributed by atoms with van der Waals surface area (Å²) in [5.74, 6) is 0. The minimum absolute atomic E-state index is 0.130. The van der Waals surface area contributed by atoms with Crippen LogP contribution in [0, 0.1) is 0 Å². The molecule has 0 bridgehead atoms. The highest BCUT2D eigenvalue weighted by molar-refractivity contribution is 5.16. The Hall–Kier alpha value is -0.860. The van der Waals surface area contributed by atoms with E-state index in [9.17, 15) is 0 Å². The maximum absolute atomic E-state index is 6.51. The fourth-order valence-corrected chi connectivity index (χ4v) is 3.40. The third-order valence-corrected chi connectivity index (χ3v) is 4.54. The minimum atomic E-state index is 0.130. The molecule has 2 fully saturated rings. The van der Waals surface area contributed by atoms with Crippen molar-refractivity contribution in [1.29, 1.82) is 0 Å². The summed E-state index contributed by atoms with van der Waals surface area (Å²) in [5.41, 5.74) is 8.06. The van der Waals surface area contributed by atoms with E-state index in [-0.39, 0.29) is 5.54 Å². The van der Waals surface area contributed by atoms with E-state index in [1.54, 1.807) is 0 Å². The Morgan fingerprint density at radius 1 is 1.18 bits per heavy atom. The average Bonchev–Trinajstić information content (AvgIpc) is 2.76. The Kier molecular flexibility index (Phi) is 2.93. The first-order chi connectivity index (χ1) is 8.28. The molecule has 17 heavy (non-hydrogen) atoms. The first kappa shape index (κ1) is 11.2. The van der Waals surface area contributed by atoms with Crippen molar-refractivity contribution in [2.75, 3.05) is 6.54 Å². The van der Waals surface area contributed by atoms with Crippen LogP contribution in [0.2, 0.25) is 0 Å². The van der Waals surface area contributed by atoms with Crippen LogP contribution in [0.1, 0.15) is 37.7 Å². The van der Waals surface area contributed by atoms with E-state index in [1.807, 2.05) is 0 Å². The highest BCUT2D eigenvalue weighted by Gasteiger charge is 2.44. The zero-order chi connectivity index (χ0) is 11.7. The SMILES string of the molecule is NC1(C2CCCN2Cc2ccccc2)CCC1. The molecule has 2 aliphatic rings. The van der Waals surface area contributed by atoms with Gasteiger partial charge in [-0.15, -0.1) is 0 Å². The summed E-state index contributed by atoms with van der Waals surface area (Å²) in [5, 5.41) is 0. The molecule has 2 N–H and O–H groups in total. The van der Waals surface area contributed by atoms with Crippen molar-refractivity contribution >= 4 is 0 Å². The van der Waals surface area contributed by atoms with Crippen LogP contribution >= 0.6 is 0 Å². The van der Waals surface area contributed by atoms with Gasteiger partial charge in [-0.25, -0.2) is 0 Å². The molecule has 1 heterocycles. The van der Waals surface area contributed by atoms with Gasteiger partial charge in [0, 0.05) is 18.1 Å². The molecule has 1 atom stereocenters. The van der Waals surface area contributed by atoms with E-state index < -0.39 is 0 Å². The summed E-state index contributed by atoms with van der Waals surface area (Å²) in [6.07, 6.45) is 6.39. The second kappa shape index (κ2) is 4.43. The van der Waals surface area contributed by atoms with Crippen LogP contribution in [0.3, 0.4) is 0 Å². The molecular formula is C15H22N2. The van der Waals surface area contributed by atoms with Gasteiger partial charge in [-0.05, 0) is 44.2 Å². The van der Waals surface area contributed by atoms with E-state index in [4.69, 9.17) is 5.73 Å². The Balaban J connectivity index is 1.70. The Morgan fingerprint density at radius 3 is 2.59 bits per heavy atom. The van der Waals surface area contributed by atoms with E-state index in [0.29, 0.717) is 6.04 Å². The largest absolute Gasteiger partial charge is 0.324 e. The summed E-state index contributed by atoms with van der Waals surface area (Å²) in [7, 11) is 0. The summed E-state index contributed by atoms with van der Waals surface area (Å²) in [4.78, 5) is 2.61. The van der Waals surface area contributed by atoms with Crippen molar-refractivity contribution in [2.24, 2.45) is 5.73 Å². The van der Waals surface area contributed by atoms with Gasteiger partial charge in [-0.1, -0.05) is 30.3 Å². The van der Waals surface area contributed by atoms with Crippen molar-refractivity contribution in [3.8, 4) is 0 Å². The van der Waals surface area contributed by atoms with Crippen molar-refractivity contribution in [3.63, 3.8) is 0 Å². The topological polar surface area (TPSA) is 29.3 Å². The quantitative estimate of drug-likeness (QED) is 0.864. The van der Waals surface area contributed by atoms with Crippen LogP contribution in [0.25, 0.3) is 0 Å². The van der Waals surface area contributed by atoms with Crippen LogP contribution in [0.15, 0.2) is 30.3 Å².